The molecular weight excluding hydrogens is 416 g/mol. The number of ether oxygens (including phenoxy) is 1. The van der Waals surface area contributed by atoms with Crippen LogP contribution in [0.4, 0.5) is 23.2 Å². The highest BCUT2D eigenvalue weighted by Gasteiger charge is 2.33. The summed E-state index contributed by atoms with van der Waals surface area (Å²) in [7, 11) is 0. The summed E-state index contributed by atoms with van der Waals surface area (Å²) in [5, 5.41) is 2.11. The van der Waals surface area contributed by atoms with Gasteiger partial charge in [0.1, 0.15) is 5.82 Å². The minimum absolute atomic E-state index is 0.185. The quantitative estimate of drug-likeness (QED) is 0.452. The van der Waals surface area contributed by atoms with Crippen molar-refractivity contribution in [2.45, 2.75) is 20.0 Å². The Kier molecular flexibility index (Phi) is 6.14. The van der Waals surface area contributed by atoms with Crippen molar-refractivity contribution in [2.75, 3.05) is 11.9 Å². The molecule has 0 aliphatic heterocycles. The first-order chi connectivity index (χ1) is 14.6. The van der Waals surface area contributed by atoms with Gasteiger partial charge in [-0.3, -0.25) is 4.79 Å². The van der Waals surface area contributed by atoms with E-state index in [0.29, 0.717) is 17.1 Å². The molecule has 1 N–H and O–H groups in total. The summed E-state index contributed by atoms with van der Waals surface area (Å²) in [5.74, 6) is -2.11. The fraction of sp³-hybridized carbons (Fsp3) is 0.182. The molecule has 3 rings (SSSR count). The lowest BCUT2D eigenvalue weighted by Crippen LogP contribution is -2.23. The van der Waals surface area contributed by atoms with Crippen LogP contribution in [-0.2, 0) is 15.7 Å². The lowest BCUT2D eigenvalue weighted by atomic mass is 10.1. The van der Waals surface area contributed by atoms with Gasteiger partial charge in [0.15, 0.2) is 6.61 Å². The predicted molar refractivity (Wildman–Crippen MR) is 106 cm³/mol. The number of rotatable bonds is 5. The maximum atomic E-state index is 13.2. The summed E-state index contributed by atoms with van der Waals surface area (Å²) in [5.41, 5.74) is 0.585. The largest absolute Gasteiger partial charge is 0.452 e. The smallest absolute Gasteiger partial charge is 0.418 e. The number of para-hydroxylation sites is 1. The predicted octanol–water partition coefficient (Wildman–Crippen LogP) is 5.05. The summed E-state index contributed by atoms with van der Waals surface area (Å²) in [4.78, 5) is 24.5. The molecule has 5 nitrogen and oxygen atoms in total. The van der Waals surface area contributed by atoms with Gasteiger partial charge in [-0.1, -0.05) is 12.1 Å². The van der Waals surface area contributed by atoms with Crippen molar-refractivity contribution in [1.29, 1.82) is 0 Å². The molecule has 0 aliphatic rings. The second-order valence-corrected chi connectivity index (χ2v) is 6.76. The van der Waals surface area contributed by atoms with Gasteiger partial charge in [0.2, 0.25) is 0 Å². The van der Waals surface area contributed by atoms with Crippen molar-refractivity contribution < 1.29 is 31.9 Å². The number of carbonyl (C=O) groups excluding carboxylic acids is 2. The summed E-state index contributed by atoms with van der Waals surface area (Å²) < 4.78 is 58.9. The molecule has 31 heavy (non-hydrogen) atoms. The van der Waals surface area contributed by atoms with E-state index in [1.54, 1.807) is 36.6 Å². The van der Waals surface area contributed by atoms with E-state index in [1.807, 2.05) is 0 Å². The summed E-state index contributed by atoms with van der Waals surface area (Å²) in [6.07, 6.45) is -4.64. The molecule has 0 aliphatic carbocycles. The maximum Gasteiger partial charge on any atom is 0.418 e. The van der Waals surface area contributed by atoms with Gasteiger partial charge in [0.25, 0.3) is 5.91 Å². The SMILES string of the molecule is Cc1cc(C(=O)OCC(=O)Nc2ccccc2C(F)(F)F)c(C)n1-c1ccc(F)cc1. The second-order valence-electron chi connectivity index (χ2n) is 6.76. The van der Waals surface area contributed by atoms with E-state index in [2.05, 4.69) is 5.32 Å². The van der Waals surface area contributed by atoms with Gasteiger partial charge in [-0.25, -0.2) is 9.18 Å². The molecule has 0 saturated heterocycles. The lowest BCUT2D eigenvalue weighted by molar-refractivity contribution is -0.137. The van der Waals surface area contributed by atoms with Crippen LogP contribution in [0.15, 0.2) is 54.6 Å². The highest BCUT2D eigenvalue weighted by molar-refractivity contribution is 5.96. The van der Waals surface area contributed by atoms with E-state index >= 15 is 0 Å². The summed E-state index contributed by atoms with van der Waals surface area (Å²) >= 11 is 0. The van der Waals surface area contributed by atoms with Crippen molar-refractivity contribution in [1.82, 2.24) is 4.57 Å². The van der Waals surface area contributed by atoms with Gasteiger partial charge in [0, 0.05) is 17.1 Å². The van der Waals surface area contributed by atoms with Crippen LogP contribution in [0.5, 0.6) is 0 Å². The highest BCUT2D eigenvalue weighted by Crippen LogP contribution is 2.34. The minimum Gasteiger partial charge on any atom is -0.452 e. The summed E-state index contributed by atoms with van der Waals surface area (Å²) in [6, 6.07) is 11.7. The van der Waals surface area contributed by atoms with Crippen LogP contribution in [0.2, 0.25) is 0 Å². The molecule has 0 saturated carbocycles. The number of amides is 1. The fourth-order valence-corrected chi connectivity index (χ4v) is 3.19. The number of anilines is 1. The van der Waals surface area contributed by atoms with Gasteiger partial charge < -0.3 is 14.6 Å². The van der Waals surface area contributed by atoms with Gasteiger partial charge in [0.05, 0.1) is 16.8 Å². The van der Waals surface area contributed by atoms with Crippen molar-refractivity contribution in [3.8, 4) is 5.69 Å². The molecule has 0 radical (unpaired) electrons. The average Bonchev–Trinajstić information content (AvgIpc) is 3.01. The number of aromatic nitrogens is 1. The van der Waals surface area contributed by atoms with Gasteiger partial charge in [-0.05, 0) is 56.3 Å². The molecule has 0 bridgehead atoms. The molecule has 3 aromatic rings. The zero-order valence-corrected chi connectivity index (χ0v) is 16.6. The Morgan fingerprint density at radius 1 is 1.03 bits per heavy atom. The molecule has 162 valence electrons. The number of hydrogen-bond donors (Lipinski definition) is 1. The van der Waals surface area contributed by atoms with Crippen molar-refractivity contribution in [3.05, 3.63) is 82.9 Å². The Morgan fingerprint density at radius 2 is 1.68 bits per heavy atom. The van der Waals surface area contributed by atoms with E-state index in [1.165, 1.54) is 24.3 Å². The normalized spacial score (nSPS) is 11.3. The van der Waals surface area contributed by atoms with Crippen LogP contribution in [-0.4, -0.2) is 23.1 Å². The zero-order chi connectivity index (χ0) is 22.8. The second kappa shape index (κ2) is 8.63. The van der Waals surface area contributed by atoms with E-state index in [4.69, 9.17) is 4.74 Å². The fourth-order valence-electron chi connectivity index (χ4n) is 3.19. The third-order valence-electron chi connectivity index (χ3n) is 4.58. The highest BCUT2D eigenvalue weighted by atomic mass is 19.4. The zero-order valence-electron chi connectivity index (χ0n) is 16.6. The molecule has 9 heteroatoms. The van der Waals surface area contributed by atoms with E-state index in [9.17, 15) is 27.2 Å². The topological polar surface area (TPSA) is 60.3 Å². The average molecular weight is 434 g/mol. The number of aryl methyl sites for hydroxylation is 1. The molecule has 1 heterocycles. The molecule has 2 aromatic carbocycles. The number of nitrogens with zero attached hydrogens (tertiary/aromatic N) is 1. The van der Waals surface area contributed by atoms with Crippen LogP contribution < -0.4 is 5.32 Å². The van der Waals surface area contributed by atoms with Gasteiger partial charge in [-0.15, -0.1) is 0 Å². The number of benzene rings is 2. The maximum absolute atomic E-state index is 13.2. The first-order valence-corrected chi connectivity index (χ1v) is 9.16. The van der Waals surface area contributed by atoms with Gasteiger partial charge >= 0.3 is 12.1 Å². The van der Waals surface area contributed by atoms with E-state index in [0.717, 1.165) is 12.1 Å². The lowest BCUT2D eigenvalue weighted by Gasteiger charge is -2.13. The molecule has 0 atom stereocenters. The minimum atomic E-state index is -4.64. The number of alkyl halides is 3. The molecule has 1 aromatic heterocycles. The number of hydrogen-bond acceptors (Lipinski definition) is 3. The Morgan fingerprint density at radius 3 is 2.32 bits per heavy atom. The standard InChI is InChI=1S/C22H18F4N2O3/c1-13-11-17(14(2)28(13)16-9-7-15(23)8-10-16)21(30)31-12-20(29)27-19-6-4-3-5-18(19)22(24,25)26/h3-11H,12H2,1-2H3,(H,27,29). The Bertz CT molecular complexity index is 1120. The van der Waals surface area contributed by atoms with Crippen molar-refractivity contribution >= 4 is 17.6 Å². The molecule has 0 spiro atoms. The van der Waals surface area contributed by atoms with E-state index < -0.39 is 41.7 Å². The summed E-state index contributed by atoms with van der Waals surface area (Å²) in [6.45, 7) is 2.64. The number of carbonyl (C=O) groups is 2. The van der Waals surface area contributed by atoms with Crippen molar-refractivity contribution in [3.63, 3.8) is 0 Å². The van der Waals surface area contributed by atoms with Crippen molar-refractivity contribution in [2.24, 2.45) is 0 Å². The monoisotopic (exact) mass is 434 g/mol. The van der Waals surface area contributed by atoms with Crippen LogP contribution in [0.3, 0.4) is 0 Å². The first-order valence-electron chi connectivity index (χ1n) is 9.16. The molecular formula is C22H18F4N2O3. The van der Waals surface area contributed by atoms with Crippen LogP contribution in [0.1, 0.15) is 27.3 Å². The number of halogens is 4. The number of esters is 1. The Labute approximate surface area is 175 Å². The Hall–Kier alpha value is -3.62. The van der Waals surface area contributed by atoms with Gasteiger partial charge in [-0.2, -0.15) is 13.2 Å². The van der Waals surface area contributed by atoms with Crippen LogP contribution in [0, 0.1) is 19.7 Å². The molecule has 0 unspecified atom stereocenters. The third kappa shape index (κ3) is 4.93. The first kappa shape index (κ1) is 22.1. The van der Waals surface area contributed by atoms with E-state index in [-0.39, 0.29) is 5.56 Å². The third-order valence-corrected chi connectivity index (χ3v) is 4.58. The number of nitrogens with one attached hydrogen (secondary N) is 1. The van der Waals surface area contributed by atoms with Crippen LogP contribution >= 0.6 is 0 Å². The molecule has 1 amide bonds. The van der Waals surface area contributed by atoms with Crippen LogP contribution in [0.25, 0.3) is 5.69 Å². The molecule has 0 fully saturated rings. The Balaban J connectivity index is 1.70.